The molecule has 14 heteroatoms. The molecule has 4 heterocycles. The second-order valence-corrected chi connectivity index (χ2v) is 11.4. The average molecular weight is 639 g/mol. The van der Waals surface area contributed by atoms with Gasteiger partial charge >= 0.3 is 12.1 Å². The molecular formula is C31H31FN4O8S. The lowest BCUT2D eigenvalue weighted by molar-refractivity contribution is -0.143. The van der Waals surface area contributed by atoms with Gasteiger partial charge in [0.2, 0.25) is 6.79 Å². The molecule has 0 radical (unpaired) electrons. The van der Waals surface area contributed by atoms with Crippen LogP contribution in [0.3, 0.4) is 0 Å². The fourth-order valence-electron chi connectivity index (χ4n) is 5.74. The van der Waals surface area contributed by atoms with Gasteiger partial charge in [-0.05, 0) is 47.4 Å². The second-order valence-electron chi connectivity index (χ2n) is 10.4. The Labute approximate surface area is 262 Å². The maximum atomic E-state index is 14.9. The number of thioether (sulfide) groups is 1. The van der Waals surface area contributed by atoms with Crippen LogP contribution in [0.4, 0.5) is 9.18 Å². The summed E-state index contributed by atoms with van der Waals surface area (Å²) in [4.78, 5) is 45.7. The number of carbonyl (C=O) groups is 3. The molecule has 0 saturated carbocycles. The van der Waals surface area contributed by atoms with Gasteiger partial charge in [-0.3, -0.25) is 14.5 Å². The normalized spacial score (nSPS) is 19.0. The zero-order chi connectivity index (χ0) is 31.7. The summed E-state index contributed by atoms with van der Waals surface area (Å²) in [6.07, 6.45) is 0.174. The van der Waals surface area contributed by atoms with E-state index in [0.717, 1.165) is 28.7 Å². The Morgan fingerprint density at radius 2 is 1.98 bits per heavy atom. The smallest absolute Gasteiger partial charge is 0.452 e. The van der Waals surface area contributed by atoms with Gasteiger partial charge in [-0.25, -0.2) is 14.0 Å². The van der Waals surface area contributed by atoms with E-state index in [1.807, 2.05) is 29.3 Å². The molecule has 0 N–H and O–H groups in total. The molecule has 236 valence electrons. The molecule has 12 nitrogen and oxygen atoms in total. The Bertz CT molecular complexity index is 1730. The van der Waals surface area contributed by atoms with Crippen molar-refractivity contribution >= 4 is 29.8 Å². The molecule has 1 amide bonds. The monoisotopic (exact) mass is 638 g/mol. The van der Waals surface area contributed by atoms with E-state index < -0.39 is 37.0 Å². The van der Waals surface area contributed by atoms with Crippen molar-refractivity contribution < 1.29 is 42.6 Å². The maximum absolute atomic E-state index is 14.9. The summed E-state index contributed by atoms with van der Waals surface area (Å²) in [5.41, 5.74) is 3.33. The van der Waals surface area contributed by atoms with Crippen LogP contribution in [-0.4, -0.2) is 67.4 Å². The molecule has 1 saturated heterocycles. The number of aromatic nitrogens is 1. The number of hydrogen-bond donors (Lipinski definition) is 0. The number of amides is 1. The first-order valence-electron chi connectivity index (χ1n) is 14.3. The maximum Gasteiger partial charge on any atom is 0.510 e. The summed E-state index contributed by atoms with van der Waals surface area (Å²) in [5.74, 6) is -0.792. The Hall–Kier alpha value is -4.56. The number of methoxy groups -OCH3 is 1. The van der Waals surface area contributed by atoms with Crippen molar-refractivity contribution in [3.05, 3.63) is 87.8 Å². The Balaban J connectivity index is 1.60. The molecule has 3 aliphatic rings. The Morgan fingerprint density at radius 3 is 2.78 bits per heavy atom. The van der Waals surface area contributed by atoms with Crippen LogP contribution in [0.25, 0.3) is 0 Å². The van der Waals surface area contributed by atoms with Gasteiger partial charge in [-0.2, -0.15) is 0 Å². The summed E-state index contributed by atoms with van der Waals surface area (Å²) in [6.45, 7) is 3.59. The summed E-state index contributed by atoms with van der Waals surface area (Å²) in [5, 5.41) is 6.02. The number of morpholine rings is 1. The van der Waals surface area contributed by atoms with Crippen molar-refractivity contribution in [1.82, 2.24) is 9.58 Å². The second kappa shape index (κ2) is 12.8. The van der Waals surface area contributed by atoms with Crippen LogP contribution in [0.1, 0.15) is 52.1 Å². The molecule has 0 unspecified atom stereocenters. The van der Waals surface area contributed by atoms with Crippen molar-refractivity contribution in [2.24, 2.45) is 5.16 Å². The van der Waals surface area contributed by atoms with Crippen LogP contribution in [0.2, 0.25) is 0 Å². The summed E-state index contributed by atoms with van der Waals surface area (Å²) < 4.78 is 37.9. The third-order valence-electron chi connectivity index (χ3n) is 7.97. The highest BCUT2D eigenvalue weighted by atomic mass is 32.2. The Kier molecular flexibility index (Phi) is 8.67. The number of benzene rings is 2. The van der Waals surface area contributed by atoms with E-state index in [4.69, 9.17) is 19.0 Å². The van der Waals surface area contributed by atoms with Crippen LogP contribution in [-0.2, 0) is 29.6 Å². The molecule has 0 spiro atoms. The summed E-state index contributed by atoms with van der Waals surface area (Å²) in [6, 6.07) is 12.3. The molecule has 3 aliphatic heterocycles. The zero-order valence-electron chi connectivity index (χ0n) is 24.9. The lowest BCUT2D eigenvalue weighted by Gasteiger charge is -2.51. The lowest BCUT2D eigenvalue weighted by atomic mass is 9.91. The van der Waals surface area contributed by atoms with Gasteiger partial charge in [0.25, 0.3) is 5.91 Å². The van der Waals surface area contributed by atoms with E-state index in [2.05, 4.69) is 9.89 Å². The number of halogens is 1. The molecule has 3 aromatic rings. The van der Waals surface area contributed by atoms with Crippen LogP contribution in [0, 0.1) is 12.7 Å². The third kappa shape index (κ3) is 5.59. The molecule has 2 atom stereocenters. The van der Waals surface area contributed by atoms with E-state index in [9.17, 15) is 18.8 Å². The van der Waals surface area contributed by atoms with Crippen LogP contribution in [0.5, 0.6) is 5.75 Å². The van der Waals surface area contributed by atoms with E-state index in [1.165, 1.54) is 12.1 Å². The molecule has 1 fully saturated rings. The van der Waals surface area contributed by atoms with Gasteiger partial charge in [0.15, 0.2) is 11.4 Å². The number of hydrogen-bond acceptors (Lipinski definition) is 11. The van der Waals surface area contributed by atoms with Gasteiger partial charge < -0.3 is 28.7 Å². The fraction of sp³-hybridized carbons (Fsp3) is 0.355. The topological polar surface area (TPSA) is 121 Å². The summed E-state index contributed by atoms with van der Waals surface area (Å²) in [7, 11) is 1.15. The van der Waals surface area contributed by atoms with Gasteiger partial charge in [0.05, 0.1) is 26.4 Å². The highest BCUT2D eigenvalue weighted by Crippen LogP contribution is 2.45. The van der Waals surface area contributed by atoms with Crippen molar-refractivity contribution in [2.45, 2.75) is 43.1 Å². The first-order chi connectivity index (χ1) is 21.8. The molecule has 1 aromatic heterocycles. The number of fused-ring (bicyclic) bond motifs is 4. The van der Waals surface area contributed by atoms with Crippen molar-refractivity contribution in [3.63, 3.8) is 0 Å². The van der Waals surface area contributed by atoms with E-state index in [1.54, 1.807) is 47.4 Å². The van der Waals surface area contributed by atoms with Gasteiger partial charge in [0, 0.05) is 29.8 Å². The molecule has 45 heavy (non-hydrogen) atoms. The number of rotatable bonds is 6. The highest BCUT2D eigenvalue weighted by Gasteiger charge is 2.46. The number of carbonyl (C=O) groups excluding carboxylic acids is 3. The first-order valence-corrected chi connectivity index (χ1v) is 15.3. The van der Waals surface area contributed by atoms with Crippen LogP contribution >= 0.6 is 11.8 Å². The van der Waals surface area contributed by atoms with Crippen LogP contribution < -0.4 is 15.1 Å². The number of pyridine rings is 1. The predicted octanol–water partition coefficient (Wildman–Crippen LogP) is 3.97. The summed E-state index contributed by atoms with van der Waals surface area (Å²) >= 11 is 1.62. The van der Waals surface area contributed by atoms with E-state index in [-0.39, 0.29) is 42.2 Å². The SMILES string of the molecule is CCC(=O)O/N=c1\ccn2c(c1OCOC(=O)OC)C(=O)N1CCOC[C@H]1N2[C@@H]1c2ccccc2SCc2c1ccc(F)c2C. The van der Waals surface area contributed by atoms with Crippen LogP contribution in [0.15, 0.2) is 58.7 Å². The van der Waals surface area contributed by atoms with Gasteiger partial charge in [-0.1, -0.05) is 36.3 Å². The van der Waals surface area contributed by atoms with E-state index in [0.29, 0.717) is 17.9 Å². The minimum absolute atomic E-state index is 0.0339. The van der Waals surface area contributed by atoms with Gasteiger partial charge in [0.1, 0.15) is 17.3 Å². The van der Waals surface area contributed by atoms with Crippen molar-refractivity contribution in [3.8, 4) is 5.75 Å². The van der Waals surface area contributed by atoms with Crippen molar-refractivity contribution in [1.29, 1.82) is 0 Å². The van der Waals surface area contributed by atoms with Crippen molar-refractivity contribution in [2.75, 3.05) is 38.7 Å². The highest BCUT2D eigenvalue weighted by molar-refractivity contribution is 7.98. The third-order valence-corrected chi connectivity index (χ3v) is 9.08. The molecular weight excluding hydrogens is 607 g/mol. The molecule has 6 rings (SSSR count). The molecule has 0 bridgehead atoms. The zero-order valence-corrected chi connectivity index (χ0v) is 25.7. The standard InChI is InChI=1S/C31H31FN4O8S/c1-4-26(37)44-33-23-11-12-35-28(29(23)42-17-43-31(39)40-3)30(38)34-13-14-41-15-25(34)36(35)27-19-9-10-22(32)18(2)21(19)16-45-24-8-6-5-7-20(24)27/h5-12,25,27H,4,13-17H2,1-3H3/b33-23+/t25-,27+/m1/s1. The quantitative estimate of drug-likeness (QED) is 0.170. The fourth-order valence-corrected chi connectivity index (χ4v) is 6.94. The molecule has 2 aromatic carbocycles. The molecule has 0 aliphatic carbocycles. The Morgan fingerprint density at radius 1 is 1.16 bits per heavy atom. The van der Waals surface area contributed by atoms with Gasteiger partial charge in [-0.15, -0.1) is 11.8 Å². The minimum atomic E-state index is -0.990. The lowest BCUT2D eigenvalue weighted by Crippen LogP contribution is -2.66. The minimum Gasteiger partial charge on any atom is -0.452 e. The average Bonchev–Trinajstić information content (AvgIpc) is 3.23. The number of ether oxygens (including phenoxy) is 4. The van der Waals surface area contributed by atoms with E-state index >= 15 is 0 Å². The first kappa shape index (κ1) is 30.5. The largest absolute Gasteiger partial charge is 0.510 e. The predicted molar refractivity (Wildman–Crippen MR) is 158 cm³/mol. The number of nitrogens with zero attached hydrogens (tertiary/aromatic N) is 4.